The molecule has 0 heterocycles. The fraction of sp³-hybridized carbons (Fsp3) is 0.381. The Morgan fingerprint density at radius 2 is 1.86 bits per heavy atom. The summed E-state index contributed by atoms with van der Waals surface area (Å²) >= 11 is 5.83. The van der Waals surface area contributed by atoms with Gasteiger partial charge in [-0.25, -0.2) is 12.8 Å². The van der Waals surface area contributed by atoms with E-state index >= 15 is 0 Å². The van der Waals surface area contributed by atoms with Crippen LogP contribution in [0.3, 0.4) is 0 Å². The van der Waals surface area contributed by atoms with Gasteiger partial charge in [0.1, 0.15) is 11.9 Å². The highest BCUT2D eigenvalue weighted by molar-refractivity contribution is 7.92. The molecule has 0 fully saturated rings. The van der Waals surface area contributed by atoms with Gasteiger partial charge in [-0.2, -0.15) is 0 Å². The summed E-state index contributed by atoms with van der Waals surface area (Å²) in [4.78, 5) is 13.0. The lowest BCUT2D eigenvalue weighted by Crippen LogP contribution is -2.49. The topological polar surface area (TPSA) is 66.5 Å². The van der Waals surface area contributed by atoms with Crippen LogP contribution >= 0.6 is 11.6 Å². The van der Waals surface area contributed by atoms with Gasteiger partial charge in [-0.15, -0.1) is 0 Å². The molecule has 1 N–H and O–H groups in total. The summed E-state index contributed by atoms with van der Waals surface area (Å²) in [7, 11) is -3.83. The average molecular weight is 441 g/mol. The Morgan fingerprint density at radius 1 is 1.21 bits per heavy atom. The highest BCUT2D eigenvalue weighted by Crippen LogP contribution is 2.28. The zero-order valence-electron chi connectivity index (χ0n) is 17.2. The molecule has 158 valence electrons. The number of hydrogen-bond donors (Lipinski definition) is 1. The summed E-state index contributed by atoms with van der Waals surface area (Å²) < 4.78 is 39.5. The van der Waals surface area contributed by atoms with Gasteiger partial charge < -0.3 is 5.32 Å². The maximum atomic E-state index is 13.6. The number of nitrogens with zero attached hydrogens (tertiary/aromatic N) is 1. The smallest absolute Gasteiger partial charge is 0.244 e. The van der Waals surface area contributed by atoms with E-state index in [1.807, 2.05) is 39.0 Å². The zero-order valence-corrected chi connectivity index (χ0v) is 18.7. The third-order valence-electron chi connectivity index (χ3n) is 4.75. The molecule has 5 nitrogen and oxygen atoms in total. The van der Waals surface area contributed by atoms with Crippen molar-refractivity contribution in [2.75, 3.05) is 10.6 Å². The fourth-order valence-electron chi connectivity index (χ4n) is 3.30. The number of benzene rings is 2. The third-order valence-corrected chi connectivity index (χ3v) is 6.22. The molecule has 0 saturated carbocycles. The van der Waals surface area contributed by atoms with E-state index in [1.54, 1.807) is 6.92 Å². The van der Waals surface area contributed by atoms with Gasteiger partial charge in [-0.05, 0) is 56.5 Å². The number of sulfonamides is 1. The van der Waals surface area contributed by atoms with E-state index < -0.39 is 27.8 Å². The number of aryl methyl sites for hydroxylation is 2. The summed E-state index contributed by atoms with van der Waals surface area (Å²) in [6.07, 6.45) is 1.24. The SMILES string of the molecule is CC[C@H](C(=O)N[C@@H](C)c1cc(C)ccc1C)N(c1ccc(F)c(Cl)c1)S(C)(=O)=O. The van der Waals surface area contributed by atoms with E-state index in [2.05, 4.69) is 5.32 Å². The highest BCUT2D eigenvalue weighted by atomic mass is 35.5. The molecule has 0 aliphatic heterocycles. The number of halogens is 2. The molecule has 0 bridgehead atoms. The van der Waals surface area contributed by atoms with E-state index in [-0.39, 0.29) is 23.2 Å². The van der Waals surface area contributed by atoms with Crippen LogP contribution < -0.4 is 9.62 Å². The Labute approximate surface area is 176 Å². The first kappa shape index (κ1) is 23.2. The highest BCUT2D eigenvalue weighted by Gasteiger charge is 2.32. The lowest BCUT2D eigenvalue weighted by Gasteiger charge is -2.31. The van der Waals surface area contributed by atoms with Crippen molar-refractivity contribution < 1.29 is 17.6 Å². The fourth-order valence-corrected chi connectivity index (χ4v) is 4.67. The number of amides is 1. The zero-order chi connectivity index (χ0) is 21.9. The molecule has 8 heteroatoms. The van der Waals surface area contributed by atoms with Crippen molar-refractivity contribution in [2.24, 2.45) is 0 Å². The van der Waals surface area contributed by atoms with Crippen molar-refractivity contribution in [3.8, 4) is 0 Å². The number of nitrogens with one attached hydrogen (secondary N) is 1. The molecule has 0 aromatic heterocycles. The Morgan fingerprint density at radius 3 is 2.41 bits per heavy atom. The molecular formula is C21H26ClFN2O3S. The Kier molecular flexibility index (Phi) is 7.30. The normalized spacial score (nSPS) is 13.6. The van der Waals surface area contributed by atoms with Gasteiger partial charge in [0.05, 0.1) is 23.0 Å². The van der Waals surface area contributed by atoms with Crippen LogP contribution in [-0.2, 0) is 14.8 Å². The van der Waals surface area contributed by atoms with Crippen LogP contribution in [0.2, 0.25) is 5.02 Å². The molecular weight excluding hydrogens is 415 g/mol. The summed E-state index contributed by atoms with van der Waals surface area (Å²) in [6.45, 7) is 7.50. The first-order valence-corrected chi connectivity index (χ1v) is 11.5. The predicted molar refractivity (Wildman–Crippen MR) is 115 cm³/mol. The van der Waals surface area contributed by atoms with E-state index in [0.717, 1.165) is 33.3 Å². The maximum absolute atomic E-state index is 13.6. The molecule has 2 rings (SSSR count). The van der Waals surface area contributed by atoms with Crippen molar-refractivity contribution >= 4 is 33.2 Å². The molecule has 0 spiro atoms. The van der Waals surface area contributed by atoms with Crippen LogP contribution in [0.4, 0.5) is 10.1 Å². The molecule has 2 aromatic carbocycles. The van der Waals surface area contributed by atoms with Crippen molar-refractivity contribution in [2.45, 2.75) is 46.2 Å². The van der Waals surface area contributed by atoms with Crippen LogP contribution in [0.15, 0.2) is 36.4 Å². The second kappa shape index (κ2) is 9.13. The minimum Gasteiger partial charge on any atom is -0.348 e. The second-order valence-corrected chi connectivity index (χ2v) is 9.44. The van der Waals surface area contributed by atoms with E-state index in [4.69, 9.17) is 11.6 Å². The maximum Gasteiger partial charge on any atom is 0.244 e. The van der Waals surface area contributed by atoms with Crippen molar-refractivity contribution in [1.29, 1.82) is 0 Å². The first-order valence-electron chi connectivity index (χ1n) is 9.27. The molecule has 0 unspecified atom stereocenters. The second-order valence-electron chi connectivity index (χ2n) is 7.17. The van der Waals surface area contributed by atoms with E-state index in [9.17, 15) is 17.6 Å². The summed E-state index contributed by atoms with van der Waals surface area (Å²) in [5, 5.41) is 2.70. The van der Waals surface area contributed by atoms with Gasteiger partial charge in [-0.1, -0.05) is 42.3 Å². The number of anilines is 1. The third kappa shape index (κ3) is 5.48. The number of hydrogen-bond acceptors (Lipinski definition) is 3. The van der Waals surface area contributed by atoms with Crippen LogP contribution in [0.25, 0.3) is 0 Å². The average Bonchev–Trinajstić information content (AvgIpc) is 2.62. The van der Waals surface area contributed by atoms with Gasteiger partial charge in [0.15, 0.2) is 0 Å². The molecule has 29 heavy (non-hydrogen) atoms. The van der Waals surface area contributed by atoms with Gasteiger partial charge in [0.25, 0.3) is 0 Å². The Hall–Kier alpha value is -2.12. The quantitative estimate of drug-likeness (QED) is 0.688. The molecule has 0 aliphatic rings. The molecule has 0 radical (unpaired) electrons. The molecule has 0 aliphatic carbocycles. The predicted octanol–water partition coefficient (Wildman–Crippen LogP) is 4.52. The minimum absolute atomic E-state index is 0.139. The number of rotatable bonds is 7. The van der Waals surface area contributed by atoms with Crippen LogP contribution in [0, 0.1) is 19.7 Å². The Bertz CT molecular complexity index is 1010. The summed E-state index contributed by atoms with van der Waals surface area (Å²) in [6, 6.07) is 8.25. The van der Waals surface area contributed by atoms with Gasteiger partial charge in [-0.3, -0.25) is 9.10 Å². The lowest BCUT2D eigenvalue weighted by molar-refractivity contribution is -0.122. The van der Waals surface area contributed by atoms with Crippen LogP contribution in [-0.4, -0.2) is 26.6 Å². The minimum atomic E-state index is -3.83. The summed E-state index contributed by atoms with van der Waals surface area (Å²) in [5.74, 6) is -1.10. The first-order chi connectivity index (χ1) is 13.5. The Balaban J connectivity index is 2.37. The molecule has 2 atom stereocenters. The molecule has 2 aromatic rings. The van der Waals surface area contributed by atoms with Crippen LogP contribution in [0.1, 0.15) is 43.0 Å². The standard InChI is InChI=1S/C21H26ClFN2O3S/c1-6-20(21(26)24-15(4)17-11-13(2)7-8-14(17)3)25(29(5,27)28)16-9-10-19(23)18(22)12-16/h7-12,15,20H,6H2,1-5H3,(H,24,26)/t15-,20+/m0/s1. The summed E-state index contributed by atoms with van der Waals surface area (Å²) in [5.41, 5.74) is 3.20. The van der Waals surface area contributed by atoms with Gasteiger partial charge in [0, 0.05) is 0 Å². The molecule has 1 amide bonds. The van der Waals surface area contributed by atoms with E-state index in [0.29, 0.717) is 0 Å². The van der Waals surface area contributed by atoms with Gasteiger partial charge in [0.2, 0.25) is 15.9 Å². The van der Waals surface area contributed by atoms with Crippen molar-refractivity contribution in [3.05, 3.63) is 63.9 Å². The van der Waals surface area contributed by atoms with Crippen molar-refractivity contribution in [1.82, 2.24) is 5.32 Å². The molecule has 0 saturated heterocycles. The van der Waals surface area contributed by atoms with Crippen molar-refractivity contribution in [3.63, 3.8) is 0 Å². The van der Waals surface area contributed by atoms with Crippen LogP contribution in [0.5, 0.6) is 0 Å². The van der Waals surface area contributed by atoms with Gasteiger partial charge >= 0.3 is 0 Å². The lowest BCUT2D eigenvalue weighted by atomic mass is 9.99. The largest absolute Gasteiger partial charge is 0.348 e. The number of carbonyl (C=O) groups is 1. The monoisotopic (exact) mass is 440 g/mol. The number of carbonyl (C=O) groups excluding carboxylic acids is 1. The van der Waals surface area contributed by atoms with E-state index in [1.165, 1.54) is 12.1 Å².